The number of nitrogens with zero attached hydrogens (tertiary/aromatic N) is 2. The summed E-state index contributed by atoms with van der Waals surface area (Å²) >= 11 is 3.95. The number of ether oxygens (including phenoxy) is 1. The fourth-order valence-electron chi connectivity index (χ4n) is 4.29. The summed E-state index contributed by atoms with van der Waals surface area (Å²) in [6.45, 7) is 6.12. The molecule has 1 saturated heterocycles. The van der Waals surface area contributed by atoms with Crippen LogP contribution in [0.3, 0.4) is 0 Å². The number of piperidine rings is 1. The molecule has 2 N–H and O–H groups in total. The highest BCUT2D eigenvalue weighted by Gasteiger charge is 2.38. The lowest BCUT2D eigenvalue weighted by atomic mass is 9.95. The molecule has 7 nitrogen and oxygen atoms in total. The third-order valence-corrected chi connectivity index (χ3v) is 8.89. The number of carboxylic acid groups (broad SMARTS) is 1. The van der Waals surface area contributed by atoms with E-state index in [0.29, 0.717) is 5.56 Å². The Hall–Kier alpha value is -1.07. The third kappa shape index (κ3) is 6.97. The van der Waals surface area contributed by atoms with Gasteiger partial charge in [0.15, 0.2) is 5.60 Å². The van der Waals surface area contributed by atoms with Gasteiger partial charge < -0.3 is 20.1 Å². The number of carbonyl (C=O) groups excluding carboxylic acids is 1. The van der Waals surface area contributed by atoms with Crippen LogP contribution < -0.4 is 10.2 Å². The van der Waals surface area contributed by atoms with E-state index in [1.165, 1.54) is 19.3 Å². The van der Waals surface area contributed by atoms with E-state index in [1.54, 1.807) is 25.6 Å². The zero-order valence-corrected chi connectivity index (χ0v) is 22.8. The number of alkyl halides is 1. The van der Waals surface area contributed by atoms with Crippen LogP contribution in [-0.4, -0.2) is 56.1 Å². The summed E-state index contributed by atoms with van der Waals surface area (Å²) in [4.78, 5) is 31.7. The van der Waals surface area contributed by atoms with Crippen molar-refractivity contribution in [3.8, 4) is 0 Å². The Morgan fingerprint density at radius 2 is 1.97 bits per heavy atom. The van der Waals surface area contributed by atoms with Crippen molar-refractivity contribution in [2.45, 2.75) is 99.0 Å². The van der Waals surface area contributed by atoms with Crippen molar-refractivity contribution in [2.24, 2.45) is 0 Å². The van der Waals surface area contributed by atoms with Crippen LogP contribution >= 0.6 is 34.4 Å². The maximum atomic E-state index is 13.1. The highest BCUT2D eigenvalue weighted by Crippen LogP contribution is 2.34. The molecule has 1 saturated carbocycles. The smallest absolute Gasteiger partial charge is 0.335 e. The van der Waals surface area contributed by atoms with E-state index in [-0.39, 0.29) is 22.1 Å². The van der Waals surface area contributed by atoms with Gasteiger partial charge in [-0.15, -0.1) is 11.8 Å². The van der Waals surface area contributed by atoms with E-state index >= 15 is 0 Å². The van der Waals surface area contributed by atoms with Gasteiger partial charge in [0.1, 0.15) is 14.9 Å². The van der Waals surface area contributed by atoms with Crippen molar-refractivity contribution >= 4 is 52.0 Å². The number of aliphatic carboxylic acids is 1. The average Bonchev–Trinajstić information content (AvgIpc) is 2.79. The lowest BCUT2D eigenvalue weighted by Gasteiger charge is -2.41. The van der Waals surface area contributed by atoms with E-state index in [2.05, 4.69) is 39.7 Å². The Morgan fingerprint density at radius 3 is 2.64 bits per heavy atom. The van der Waals surface area contributed by atoms with Gasteiger partial charge in [-0.25, -0.2) is 9.78 Å². The summed E-state index contributed by atoms with van der Waals surface area (Å²) < 4.78 is 5.95. The maximum Gasteiger partial charge on any atom is 0.335 e. The predicted molar refractivity (Wildman–Crippen MR) is 141 cm³/mol. The van der Waals surface area contributed by atoms with E-state index < -0.39 is 11.6 Å². The molecular weight excluding hydrogens is 553 g/mol. The van der Waals surface area contributed by atoms with E-state index in [4.69, 9.17) is 9.72 Å². The van der Waals surface area contributed by atoms with Crippen molar-refractivity contribution < 1.29 is 19.4 Å². The van der Waals surface area contributed by atoms with Gasteiger partial charge in [-0.05, 0) is 63.8 Å². The number of carbonyl (C=O) groups is 2. The van der Waals surface area contributed by atoms with Gasteiger partial charge in [0.25, 0.3) is 5.91 Å². The molecule has 3 rings (SSSR count). The first kappa shape index (κ1) is 26.5. The third-order valence-electron chi connectivity index (χ3n) is 6.22. The van der Waals surface area contributed by atoms with Crippen molar-refractivity contribution in [3.05, 3.63) is 17.7 Å². The molecule has 184 valence electrons. The van der Waals surface area contributed by atoms with Crippen LogP contribution in [0, 0.1) is 0 Å². The Kier molecular flexibility index (Phi) is 9.70. The zero-order chi connectivity index (χ0) is 24.0. The van der Waals surface area contributed by atoms with E-state index in [0.717, 1.165) is 55.2 Å². The summed E-state index contributed by atoms with van der Waals surface area (Å²) in [6, 6.07) is 4.07. The first-order valence-electron chi connectivity index (χ1n) is 12.0. The number of pyridine rings is 1. The SMILES string of the molecule is CCCSc1nc(N2CCCC(OC(C)(C)C(=O)O)C2I)ccc1C(=O)NC1CCCCC1. The molecule has 0 aromatic carbocycles. The van der Waals surface area contributed by atoms with Crippen LogP contribution in [0.1, 0.15) is 82.5 Å². The van der Waals surface area contributed by atoms with Gasteiger partial charge >= 0.3 is 5.97 Å². The number of hydrogen-bond donors (Lipinski definition) is 2. The van der Waals surface area contributed by atoms with Crippen LogP contribution in [0.2, 0.25) is 0 Å². The molecule has 1 aromatic heterocycles. The van der Waals surface area contributed by atoms with Crippen LogP contribution in [0.5, 0.6) is 0 Å². The number of anilines is 1. The molecule has 1 aromatic rings. The minimum atomic E-state index is -1.24. The second kappa shape index (κ2) is 12.1. The minimum absolute atomic E-state index is 0.0337. The highest BCUT2D eigenvalue weighted by molar-refractivity contribution is 14.1. The normalized spacial score (nSPS) is 22.2. The second-order valence-corrected chi connectivity index (χ2v) is 11.7. The summed E-state index contributed by atoms with van der Waals surface area (Å²) in [5.41, 5.74) is -0.599. The number of rotatable bonds is 9. The zero-order valence-electron chi connectivity index (χ0n) is 19.8. The molecule has 1 aliphatic carbocycles. The molecule has 1 aliphatic heterocycles. The fraction of sp³-hybridized carbons (Fsp3) is 0.708. The summed E-state index contributed by atoms with van der Waals surface area (Å²) in [5.74, 6) is 0.706. The monoisotopic (exact) mass is 589 g/mol. The average molecular weight is 590 g/mol. The van der Waals surface area contributed by atoms with Crippen LogP contribution in [0.15, 0.2) is 17.2 Å². The molecule has 9 heteroatoms. The lowest BCUT2D eigenvalue weighted by molar-refractivity contribution is -0.168. The summed E-state index contributed by atoms with van der Waals surface area (Å²) in [5, 5.41) is 13.5. The Balaban J connectivity index is 1.79. The molecular formula is C24H36IN3O4S. The van der Waals surface area contributed by atoms with Crippen molar-refractivity contribution in [3.63, 3.8) is 0 Å². The predicted octanol–water partition coefficient (Wildman–Crippen LogP) is 5.26. The van der Waals surface area contributed by atoms with E-state index in [9.17, 15) is 14.7 Å². The number of thioether (sulfide) groups is 1. The van der Waals surface area contributed by atoms with Gasteiger partial charge in [0.05, 0.1) is 11.7 Å². The number of amides is 1. The van der Waals surface area contributed by atoms with Gasteiger partial charge in [0, 0.05) is 12.6 Å². The molecule has 2 unspecified atom stereocenters. The molecule has 2 heterocycles. The second-order valence-electron chi connectivity index (χ2n) is 9.36. The number of aromatic nitrogens is 1. The number of hydrogen-bond acceptors (Lipinski definition) is 6. The van der Waals surface area contributed by atoms with Crippen molar-refractivity contribution in [2.75, 3.05) is 17.2 Å². The molecule has 33 heavy (non-hydrogen) atoms. The molecule has 0 bridgehead atoms. The maximum absolute atomic E-state index is 13.1. The molecule has 0 spiro atoms. The van der Waals surface area contributed by atoms with Gasteiger partial charge in [0.2, 0.25) is 0 Å². The van der Waals surface area contributed by atoms with Gasteiger partial charge in [-0.1, -0.05) is 48.8 Å². The molecule has 2 aliphatic rings. The van der Waals surface area contributed by atoms with Gasteiger partial charge in [-0.2, -0.15) is 0 Å². The molecule has 2 atom stereocenters. The quantitative estimate of drug-likeness (QED) is 0.176. The Bertz CT molecular complexity index is 832. The van der Waals surface area contributed by atoms with E-state index in [1.807, 2.05) is 12.1 Å². The fourth-order valence-corrected chi connectivity index (χ4v) is 6.23. The minimum Gasteiger partial charge on any atom is -0.479 e. The summed E-state index contributed by atoms with van der Waals surface area (Å²) in [6.07, 6.45) is 8.18. The highest BCUT2D eigenvalue weighted by atomic mass is 127. The Morgan fingerprint density at radius 1 is 1.24 bits per heavy atom. The first-order chi connectivity index (χ1) is 15.7. The molecule has 1 amide bonds. The van der Waals surface area contributed by atoms with Crippen LogP contribution in [0.25, 0.3) is 0 Å². The first-order valence-corrected chi connectivity index (χ1v) is 14.2. The standard InChI is InChI=1S/C24H36IN3O4S/c1-4-15-33-22-17(21(29)26-16-9-6-5-7-10-16)12-13-19(27-22)28-14-8-11-18(20(28)25)32-24(2,3)23(30)31/h12-13,16,18,20H,4-11,14-15H2,1-3H3,(H,26,29)(H,30,31). The van der Waals surface area contributed by atoms with Crippen LogP contribution in [0.4, 0.5) is 5.82 Å². The molecule has 2 fully saturated rings. The van der Waals surface area contributed by atoms with Crippen molar-refractivity contribution in [1.29, 1.82) is 0 Å². The lowest BCUT2D eigenvalue weighted by Crippen LogP contribution is -2.50. The number of nitrogens with one attached hydrogen (secondary N) is 1. The number of carboxylic acids is 1. The van der Waals surface area contributed by atoms with Crippen LogP contribution in [-0.2, 0) is 9.53 Å². The van der Waals surface area contributed by atoms with Gasteiger partial charge in [-0.3, -0.25) is 4.79 Å². The topological polar surface area (TPSA) is 91.8 Å². The number of halogens is 1. The summed E-state index contributed by atoms with van der Waals surface area (Å²) in [7, 11) is 0. The largest absolute Gasteiger partial charge is 0.479 e. The Labute approximate surface area is 214 Å². The van der Waals surface area contributed by atoms with Crippen molar-refractivity contribution in [1.82, 2.24) is 10.3 Å². The molecule has 0 radical (unpaired) electrons.